The number of aromatic nitrogens is 1. The van der Waals surface area contributed by atoms with E-state index in [9.17, 15) is 0 Å². The van der Waals surface area contributed by atoms with Crippen molar-refractivity contribution in [2.75, 3.05) is 12.8 Å². The third-order valence-electron chi connectivity index (χ3n) is 1.17. The highest BCUT2D eigenvalue weighted by atomic mass is 79.9. The number of nitrogens with zero attached hydrogens (tertiary/aromatic N) is 2. The zero-order valence-corrected chi connectivity index (χ0v) is 7.67. The molecule has 0 unspecified atom stereocenters. The van der Waals surface area contributed by atoms with Gasteiger partial charge in [0.1, 0.15) is 5.69 Å². The molecule has 1 rings (SSSR count). The van der Waals surface area contributed by atoms with Crippen molar-refractivity contribution in [2.24, 2.45) is 4.99 Å². The summed E-state index contributed by atoms with van der Waals surface area (Å²) in [5.41, 5.74) is 6.96. The van der Waals surface area contributed by atoms with E-state index >= 15 is 0 Å². The molecule has 0 amide bonds. The maximum atomic E-state index is 5.62. The van der Waals surface area contributed by atoms with Gasteiger partial charge >= 0.3 is 0 Å². The molecule has 0 aliphatic heterocycles. The molecule has 0 spiro atoms. The molecular formula is C7H8BrN3. The SMILES string of the molecule is CN=Cc1ncc(Br)cc1N. The van der Waals surface area contributed by atoms with Crippen LogP contribution in [0.2, 0.25) is 0 Å². The van der Waals surface area contributed by atoms with Gasteiger partial charge in [-0.2, -0.15) is 0 Å². The first-order valence-corrected chi connectivity index (χ1v) is 3.86. The van der Waals surface area contributed by atoms with Crippen molar-refractivity contribution in [1.29, 1.82) is 0 Å². The van der Waals surface area contributed by atoms with Crippen molar-refractivity contribution < 1.29 is 0 Å². The zero-order valence-electron chi connectivity index (χ0n) is 6.08. The third-order valence-corrected chi connectivity index (χ3v) is 1.60. The number of hydrogen-bond acceptors (Lipinski definition) is 3. The van der Waals surface area contributed by atoms with Crippen LogP contribution in [0.5, 0.6) is 0 Å². The number of nitrogens with two attached hydrogens (primary N) is 1. The lowest BCUT2D eigenvalue weighted by atomic mass is 10.3. The van der Waals surface area contributed by atoms with Crippen molar-refractivity contribution in [3.05, 3.63) is 22.4 Å². The molecule has 0 aromatic carbocycles. The van der Waals surface area contributed by atoms with Crippen molar-refractivity contribution in [3.63, 3.8) is 0 Å². The molecular weight excluding hydrogens is 206 g/mol. The molecule has 0 saturated heterocycles. The molecule has 1 aromatic heterocycles. The van der Waals surface area contributed by atoms with Crippen LogP contribution in [-0.4, -0.2) is 18.2 Å². The average Bonchev–Trinajstić information content (AvgIpc) is 1.95. The number of nitrogen functional groups attached to an aromatic ring is 1. The number of rotatable bonds is 1. The summed E-state index contributed by atoms with van der Waals surface area (Å²) >= 11 is 3.26. The quantitative estimate of drug-likeness (QED) is 0.719. The van der Waals surface area contributed by atoms with Gasteiger partial charge in [0, 0.05) is 23.9 Å². The third kappa shape index (κ3) is 2.01. The van der Waals surface area contributed by atoms with Crippen LogP contribution in [0.3, 0.4) is 0 Å². The van der Waals surface area contributed by atoms with Crippen LogP contribution in [-0.2, 0) is 0 Å². The second-order valence-electron chi connectivity index (χ2n) is 2.02. The normalized spacial score (nSPS) is 10.7. The molecule has 1 heterocycles. The van der Waals surface area contributed by atoms with E-state index in [2.05, 4.69) is 25.9 Å². The Hall–Kier alpha value is -0.900. The summed E-state index contributed by atoms with van der Waals surface area (Å²) in [6.07, 6.45) is 3.31. The van der Waals surface area contributed by atoms with Crippen LogP contribution in [0, 0.1) is 0 Å². The van der Waals surface area contributed by atoms with E-state index in [1.807, 2.05) is 0 Å². The first kappa shape index (κ1) is 8.20. The highest BCUT2D eigenvalue weighted by Crippen LogP contribution is 2.13. The molecule has 0 fully saturated rings. The van der Waals surface area contributed by atoms with Gasteiger partial charge in [-0.25, -0.2) is 0 Å². The zero-order chi connectivity index (χ0) is 8.27. The van der Waals surface area contributed by atoms with Crippen molar-refractivity contribution in [1.82, 2.24) is 4.98 Å². The molecule has 3 nitrogen and oxygen atoms in total. The minimum absolute atomic E-state index is 0.630. The fraction of sp³-hybridized carbons (Fsp3) is 0.143. The second-order valence-corrected chi connectivity index (χ2v) is 2.93. The van der Waals surface area contributed by atoms with Gasteiger partial charge in [-0.15, -0.1) is 0 Å². The molecule has 4 heteroatoms. The number of halogens is 1. The molecule has 0 saturated carbocycles. The Morgan fingerprint density at radius 3 is 3.00 bits per heavy atom. The summed E-state index contributed by atoms with van der Waals surface area (Å²) in [6.45, 7) is 0. The number of aliphatic imine (C=N–C) groups is 1. The monoisotopic (exact) mass is 213 g/mol. The molecule has 0 aliphatic rings. The van der Waals surface area contributed by atoms with Crippen LogP contribution in [0.25, 0.3) is 0 Å². The smallest absolute Gasteiger partial charge is 0.104 e. The molecule has 11 heavy (non-hydrogen) atoms. The standard InChI is InChI=1S/C7H8BrN3/c1-10-4-7-6(9)2-5(8)3-11-7/h2-4H,9H2,1H3. The minimum Gasteiger partial charge on any atom is -0.397 e. The van der Waals surface area contributed by atoms with Gasteiger partial charge in [0.05, 0.1) is 5.69 Å². The van der Waals surface area contributed by atoms with Crippen molar-refractivity contribution >= 4 is 27.8 Å². The van der Waals surface area contributed by atoms with Gasteiger partial charge < -0.3 is 5.73 Å². The van der Waals surface area contributed by atoms with E-state index in [-0.39, 0.29) is 0 Å². The summed E-state index contributed by atoms with van der Waals surface area (Å²) in [4.78, 5) is 7.86. The van der Waals surface area contributed by atoms with Crippen LogP contribution in [0.1, 0.15) is 5.69 Å². The predicted molar refractivity (Wildman–Crippen MR) is 49.9 cm³/mol. The number of anilines is 1. The highest BCUT2D eigenvalue weighted by Gasteiger charge is 1.96. The van der Waals surface area contributed by atoms with Crippen molar-refractivity contribution in [2.45, 2.75) is 0 Å². The Kier molecular flexibility index (Phi) is 2.59. The molecule has 58 valence electrons. The molecule has 0 bridgehead atoms. The van der Waals surface area contributed by atoms with Gasteiger partial charge in [-0.3, -0.25) is 9.98 Å². The lowest BCUT2D eigenvalue weighted by molar-refractivity contribution is 1.28. The van der Waals surface area contributed by atoms with Crippen LogP contribution < -0.4 is 5.73 Å². The summed E-state index contributed by atoms with van der Waals surface area (Å²) < 4.78 is 0.878. The fourth-order valence-electron chi connectivity index (χ4n) is 0.696. The lowest BCUT2D eigenvalue weighted by Gasteiger charge is -1.97. The second kappa shape index (κ2) is 3.48. The molecule has 1 aromatic rings. The van der Waals surface area contributed by atoms with Crippen LogP contribution in [0.15, 0.2) is 21.7 Å². The van der Waals surface area contributed by atoms with E-state index in [1.165, 1.54) is 0 Å². The molecule has 0 atom stereocenters. The van der Waals surface area contributed by atoms with Gasteiger partial charge in [-0.1, -0.05) is 0 Å². The maximum Gasteiger partial charge on any atom is 0.104 e. The van der Waals surface area contributed by atoms with E-state index in [0.29, 0.717) is 11.4 Å². The van der Waals surface area contributed by atoms with Crippen molar-refractivity contribution in [3.8, 4) is 0 Å². The van der Waals surface area contributed by atoms with E-state index in [0.717, 1.165) is 4.47 Å². The maximum absolute atomic E-state index is 5.62. The van der Waals surface area contributed by atoms with Crippen LogP contribution in [0.4, 0.5) is 5.69 Å². The number of pyridine rings is 1. The lowest BCUT2D eigenvalue weighted by Crippen LogP contribution is -1.95. The largest absolute Gasteiger partial charge is 0.397 e. The summed E-state index contributed by atoms with van der Waals surface area (Å²) in [6, 6.07) is 1.80. The Morgan fingerprint density at radius 1 is 1.73 bits per heavy atom. The van der Waals surface area contributed by atoms with E-state index in [4.69, 9.17) is 5.73 Å². The van der Waals surface area contributed by atoms with Gasteiger partial charge in [0.2, 0.25) is 0 Å². The first-order valence-electron chi connectivity index (χ1n) is 3.07. The first-order chi connectivity index (χ1) is 5.24. The summed E-state index contributed by atoms with van der Waals surface area (Å²) in [5.74, 6) is 0. The summed E-state index contributed by atoms with van der Waals surface area (Å²) in [7, 11) is 1.68. The average molecular weight is 214 g/mol. The highest BCUT2D eigenvalue weighted by molar-refractivity contribution is 9.10. The van der Waals surface area contributed by atoms with Gasteiger partial charge in [0.25, 0.3) is 0 Å². The Morgan fingerprint density at radius 2 is 2.45 bits per heavy atom. The summed E-state index contributed by atoms with van der Waals surface area (Å²) in [5, 5.41) is 0. The molecule has 0 radical (unpaired) electrons. The topological polar surface area (TPSA) is 51.3 Å². The Labute approximate surface area is 73.5 Å². The molecule has 0 aliphatic carbocycles. The van der Waals surface area contributed by atoms with E-state index in [1.54, 1.807) is 25.5 Å². The number of hydrogen-bond donors (Lipinski definition) is 1. The van der Waals surface area contributed by atoms with Gasteiger partial charge in [-0.05, 0) is 22.0 Å². The Bertz CT molecular complexity index is 283. The van der Waals surface area contributed by atoms with Crippen LogP contribution >= 0.6 is 15.9 Å². The van der Waals surface area contributed by atoms with Gasteiger partial charge in [0.15, 0.2) is 0 Å². The predicted octanol–water partition coefficient (Wildman–Crippen LogP) is 1.47. The fourth-order valence-corrected chi connectivity index (χ4v) is 1.04. The van der Waals surface area contributed by atoms with E-state index < -0.39 is 0 Å². The minimum atomic E-state index is 0.630. The molecule has 2 N–H and O–H groups in total. The Balaban J connectivity index is 3.09.